The highest BCUT2D eigenvalue weighted by Crippen LogP contribution is 2.23. The molecule has 0 aliphatic rings. The Bertz CT molecular complexity index is 869. The lowest BCUT2D eigenvalue weighted by atomic mass is 10.1. The maximum absolute atomic E-state index is 13.8. The zero-order valence-corrected chi connectivity index (χ0v) is 15.4. The van der Waals surface area contributed by atoms with Crippen LogP contribution in [-0.2, 0) is 6.54 Å². The highest BCUT2D eigenvalue weighted by atomic mass is 79.9. The molecule has 0 aliphatic carbocycles. The summed E-state index contributed by atoms with van der Waals surface area (Å²) in [5.74, 6) is 0.840. The number of hydrogen-bond acceptors (Lipinski definition) is 5. The second-order valence-electron chi connectivity index (χ2n) is 5.52. The van der Waals surface area contributed by atoms with Crippen molar-refractivity contribution in [1.82, 2.24) is 15.5 Å². The number of methoxy groups -OCH3 is 1. The summed E-state index contributed by atoms with van der Waals surface area (Å²) in [6, 6.07) is 12.5. The predicted molar refractivity (Wildman–Crippen MR) is 95.6 cm³/mol. The van der Waals surface area contributed by atoms with Crippen LogP contribution in [-0.4, -0.2) is 17.3 Å². The topological polar surface area (TPSA) is 60.2 Å². The highest BCUT2D eigenvalue weighted by Gasteiger charge is 2.12. The quantitative estimate of drug-likeness (QED) is 0.654. The first-order valence-corrected chi connectivity index (χ1v) is 8.51. The maximum Gasteiger partial charge on any atom is 0.240 e. The fourth-order valence-corrected chi connectivity index (χ4v) is 2.78. The molecule has 25 heavy (non-hydrogen) atoms. The van der Waals surface area contributed by atoms with Crippen molar-refractivity contribution < 1.29 is 13.7 Å². The van der Waals surface area contributed by atoms with E-state index in [1.165, 1.54) is 13.2 Å². The second-order valence-corrected chi connectivity index (χ2v) is 6.43. The zero-order chi connectivity index (χ0) is 17.8. The third-order valence-corrected chi connectivity index (χ3v) is 4.28. The standard InChI is InChI=1S/C18H17BrFN3O2/c1-11(12-6-7-16(24-2)15(20)9-12)21-10-17-22-18(23-25-17)13-4-3-5-14(19)8-13/h3-9,11,21H,10H2,1-2H3. The molecular weight excluding hydrogens is 389 g/mol. The second kappa shape index (κ2) is 7.76. The zero-order valence-electron chi connectivity index (χ0n) is 13.8. The highest BCUT2D eigenvalue weighted by molar-refractivity contribution is 9.10. The van der Waals surface area contributed by atoms with Crippen LogP contribution in [0.4, 0.5) is 4.39 Å². The smallest absolute Gasteiger partial charge is 0.240 e. The van der Waals surface area contributed by atoms with E-state index in [0.29, 0.717) is 18.3 Å². The fourth-order valence-electron chi connectivity index (χ4n) is 2.38. The van der Waals surface area contributed by atoms with E-state index in [1.807, 2.05) is 37.3 Å². The number of halogens is 2. The van der Waals surface area contributed by atoms with E-state index >= 15 is 0 Å². The van der Waals surface area contributed by atoms with Crippen LogP contribution < -0.4 is 10.1 Å². The third kappa shape index (κ3) is 4.24. The minimum atomic E-state index is -0.386. The summed E-state index contributed by atoms with van der Waals surface area (Å²) in [6.07, 6.45) is 0. The molecule has 2 aromatic carbocycles. The van der Waals surface area contributed by atoms with Gasteiger partial charge in [-0.15, -0.1) is 0 Å². The molecule has 0 radical (unpaired) electrons. The van der Waals surface area contributed by atoms with Crippen molar-refractivity contribution in [3.05, 3.63) is 64.2 Å². The third-order valence-electron chi connectivity index (χ3n) is 3.79. The molecule has 1 aromatic heterocycles. The van der Waals surface area contributed by atoms with Crippen molar-refractivity contribution in [2.45, 2.75) is 19.5 Å². The number of rotatable bonds is 6. The molecule has 3 rings (SSSR count). The first-order valence-electron chi connectivity index (χ1n) is 7.72. The predicted octanol–water partition coefficient (Wildman–Crippen LogP) is 4.50. The minimum absolute atomic E-state index is 0.0818. The first-order chi connectivity index (χ1) is 12.1. The molecule has 0 amide bonds. The number of nitrogens with one attached hydrogen (secondary N) is 1. The monoisotopic (exact) mass is 405 g/mol. The van der Waals surface area contributed by atoms with Gasteiger partial charge in [-0.1, -0.05) is 39.3 Å². The normalized spacial score (nSPS) is 12.2. The number of aromatic nitrogens is 2. The molecule has 1 N–H and O–H groups in total. The Morgan fingerprint density at radius 1 is 1.28 bits per heavy atom. The lowest BCUT2D eigenvalue weighted by Gasteiger charge is -2.13. The molecule has 0 saturated heterocycles. The van der Waals surface area contributed by atoms with Crippen LogP contribution in [0.1, 0.15) is 24.4 Å². The van der Waals surface area contributed by atoms with Crippen LogP contribution in [0.25, 0.3) is 11.4 Å². The van der Waals surface area contributed by atoms with Gasteiger partial charge in [0.15, 0.2) is 11.6 Å². The van der Waals surface area contributed by atoms with Gasteiger partial charge in [-0.05, 0) is 36.8 Å². The van der Waals surface area contributed by atoms with Gasteiger partial charge >= 0.3 is 0 Å². The van der Waals surface area contributed by atoms with Crippen molar-refractivity contribution in [2.24, 2.45) is 0 Å². The van der Waals surface area contributed by atoms with Crippen LogP contribution in [0.3, 0.4) is 0 Å². The molecule has 3 aromatic rings. The van der Waals surface area contributed by atoms with Gasteiger partial charge in [0.1, 0.15) is 0 Å². The van der Waals surface area contributed by atoms with Gasteiger partial charge < -0.3 is 14.6 Å². The largest absolute Gasteiger partial charge is 0.494 e. The molecule has 0 fully saturated rings. The van der Waals surface area contributed by atoms with Crippen LogP contribution >= 0.6 is 15.9 Å². The number of nitrogens with zero attached hydrogens (tertiary/aromatic N) is 2. The van der Waals surface area contributed by atoms with E-state index in [-0.39, 0.29) is 17.6 Å². The molecule has 1 unspecified atom stereocenters. The van der Waals surface area contributed by atoms with Gasteiger partial charge in [-0.2, -0.15) is 4.98 Å². The van der Waals surface area contributed by atoms with Crippen LogP contribution in [0.15, 0.2) is 51.5 Å². The van der Waals surface area contributed by atoms with Crippen LogP contribution in [0.2, 0.25) is 0 Å². The van der Waals surface area contributed by atoms with Gasteiger partial charge in [-0.3, -0.25) is 0 Å². The summed E-state index contributed by atoms with van der Waals surface area (Å²) in [7, 11) is 1.44. The molecule has 0 aliphatic heterocycles. The maximum atomic E-state index is 13.8. The number of ether oxygens (including phenoxy) is 1. The summed E-state index contributed by atoms with van der Waals surface area (Å²) < 4.78 is 25.0. The average Bonchev–Trinajstić information content (AvgIpc) is 3.08. The molecule has 130 valence electrons. The summed E-state index contributed by atoms with van der Waals surface area (Å²) in [4.78, 5) is 4.38. The Labute approximate surface area is 153 Å². The van der Waals surface area contributed by atoms with Crippen molar-refractivity contribution in [3.8, 4) is 17.1 Å². The van der Waals surface area contributed by atoms with Gasteiger partial charge in [0.2, 0.25) is 11.7 Å². The fraction of sp³-hybridized carbons (Fsp3) is 0.222. The van der Waals surface area contributed by atoms with E-state index in [4.69, 9.17) is 9.26 Å². The van der Waals surface area contributed by atoms with E-state index in [1.54, 1.807) is 6.07 Å². The summed E-state index contributed by atoms with van der Waals surface area (Å²) in [5.41, 5.74) is 1.68. The van der Waals surface area contributed by atoms with Crippen molar-refractivity contribution in [2.75, 3.05) is 7.11 Å². The molecular formula is C18H17BrFN3O2. The minimum Gasteiger partial charge on any atom is -0.494 e. The first kappa shape index (κ1) is 17.6. The van der Waals surface area contributed by atoms with Gasteiger partial charge in [0.05, 0.1) is 13.7 Å². The Kier molecular flexibility index (Phi) is 5.45. The van der Waals surface area contributed by atoms with E-state index < -0.39 is 0 Å². The molecule has 0 spiro atoms. The molecule has 0 bridgehead atoms. The van der Waals surface area contributed by atoms with E-state index in [0.717, 1.165) is 15.6 Å². The number of benzene rings is 2. The van der Waals surface area contributed by atoms with Crippen LogP contribution in [0, 0.1) is 5.82 Å². The Balaban J connectivity index is 1.65. The van der Waals surface area contributed by atoms with Crippen molar-refractivity contribution in [1.29, 1.82) is 0 Å². The van der Waals surface area contributed by atoms with Gasteiger partial charge in [0, 0.05) is 16.1 Å². The Morgan fingerprint density at radius 3 is 2.84 bits per heavy atom. The SMILES string of the molecule is COc1ccc(C(C)NCc2nc(-c3cccc(Br)c3)no2)cc1F. The molecule has 0 saturated carbocycles. The van der Waals surface area contributed by atoms with E-state index in [2.05, 4.69) is 31.4 Å². The summed E-state index contributed by atoms with van der Waals surface area (Å²) >= 11 is 3.42. The molecule has 5 nitrogen and oxygen atoms in total. The van der Waals surface area contributed by atoms with Crippen molar-refractivity contribution >= 4 is 15.9 Å². The Morgan fingerprint density at radius 2 is 2.12 bits per heavy atom. The lowest BCUT2D eigenvalue weighted by Crippen LogP contribution is -2.18. The molecule has 1 heterocycles. The van der Waals surface area contributed by atoms with E-state index in [9.17, 15) is 4.39 Å². The molecule has 7 heteroatoms. The van der Waals surface area contributed by atoms with Gasteiger partial charge in [-0.25, -0.2) is 4.39 Å². The number of hydrogen-bond donors (Lipinski definition) is 1. The summed E-state index contributed by atoms with van der Waals surface area (Å²) in [6.45, 7) is 2.32. The average molecular weight is 406 g/mol. The Hall–Kier alpha value is -2.25. The van der Waals surface area contributed by atoms with Crippen molar-refractivity contribution in [3.63, 3.8) is 0 Å². The van der Waals surface area contributed by atoms with Crippen LogP contribution in [0.5, 0.6) is 5.75 Å². The molecule has 1 atom stereocenters. The summed E-state index contributed by atoms with van der Waals surface area (Å²) in [5, 5.41) is 7.23. The lowest BCUT2D eigenvalue weighted by molar-refractivity contribution is 0.360. The van der Waals surface area contributed by atoms with Gasteiger partial charge in [0.25, 0.3) is 0 Å².